The number of hydrogen-bond donors (Lipinski definition) is 2. The summed E-state index contributed by atoms with van der Waals surface area (Å²) in [6, 6.07) is 0. The molecule has 0 bridgehead atoms. The van der Waals surface area contributed by atoms with Crippen molar-refractivity contribution in [2.45, 2.75) is 98.7 Å². The molecular formula is C29H38O9. The summed E-state index contributed by atoms with van der Waals surface area (Å²) in [4.78, 5) is 79.0. The van der Waals surface area contributed by atoms with Crippen LogP contribution in [0.5, 0.6) is 0 Å². The van der Waals surface area contributed by atoms with Gasteiger partial charge in [0.15, 0.2) is 11.9 Å². The maximum Gasteiger partial charge on any atom is 0.303 e. The number of carboxylic acids is 1. The third-order valence-corrected chi connectivity index (χ3v) is 10.9. The van der Waals surface area contributed by atoms with E-state index in [0.717, 1.165) is 6.92 Å². The van der Waals surface area contributed by atoms with E-state index in [1.54, 1.807) is 27.7 Å². The van der Waals surface area contributed by atoms with Gasteiger partial charge in [-0.3, -0.25) is 28.8 Å². The van der Waals surface area contributed by atoms with Crippen molar-refractivity contribution in [3.8, 4) is 0 Å². The molecule has 0 amide bonds. The van der Waals surface area contributed by atoms with E-state index < -0.39 is 62.9 Å². The average molecular weight is 531 g/mol. The number of Topliss-reactive ketones (excluding diaryl/α,β-unsaturated/α-hetero) is 4. The first-order chi connectivity index (χ1) is 17.3. The van der Waals surface area contributed by atoms with Crippen molar-refractivity contribution in [2.75, 3.05) is 0 Å². The second-order valence-electron chi connectivity index (χ2n) is 13.2. The molecule has 0 aromatic heterocycles. The third-order valence-electron chi connectivity index (χ3n) is 10.9. The van der Waals surface area contributed by atoms with Crippen LogP contribution in [0, 0.1) is 33.5 Å². The Balaban J connectivity index is 2.01. The molecule has 0 spiro atoms. The van der Waals surface area contributed by atoms with Crippen molar-refractivity contribution in [2.24, 2.45) is 33.5 Å². The Hall–Kier alpha value is -2.68. The van der Waals surface area contributed by atoms with E-state index in [1.165, 1.54) is 6.92 Å². The molecule has 9 heteroatoms. The van der Waals surface area contributed by atoms with Gasteiger partial charge in [-0.2, -0.15) is 0 Å². The van der Waals surface area contributed by atoms with Crippen LogP contribution in [0.4, 0.5) is 0 Å². The van der Waals surface area contributed by atoms with E-state index in [4.69, 9.17) is 4.74 Å². The Bertz CT molecular complexity index is 1210. The number of carbonyl (C=O) groups excluding carboxylic acids is 5. The highest BCUT2D eigenvalue weighted by molar-refractivity contribution is 6.18. The van der Waals surface area contributed by atoms with Gasteiger partial charge in [0, 0.05) is 65.9 Å². The minimum absolute atomic E-state index is 0.00138. The molecule has 9 nitrogen and oxygen atoms in total. The van der Waals surface area contributed by atoms with E-state index in [2.05, 4.69) is 0 Å². The number of aliphatic carboxylic acids is 1. The van der Waals surface area contributed by atoms with Gasteiger partial charge in [-0.05, 0) is 32.6 Å². The predicted octanol–water partition coefficient (Wildman–Crippen LogP) is 3.00. The van der Waals surface area contributed by atoms with E-state index in [0.29, 0.717) is 6.42 Å². The summed E-state index contributed by atoms with van der Waals surface area (Å²) in [7, 11) is 0. The number of ketones is 4. The molecule has 4 aliphatic rings. The van der Waals surface area contributed by atoms with Gasteiger partial charge in [-0.15, -0.1) is 0 Å². The molecule has 4 aliphatic carbocycles. The lowest BCUT2D eigenvalue weighted by Crippen LogP contribution is -2.65. The van der Waals surface area contributed by atoms with Gasteiger partial charge >= 0.3 is 11.9 Å². The third kappa shape index (κ3) is 3.46. The number of hydrogen-bond acceptors (Lipinski definition) is 8. The van der Waals surface area contributed by atoms with Gasteiger partial charge in [0.2, 0.25) is 5.78 Å². The highest BCUT2D eigenvalue weighted by Gasteiger charge is 2.76. The van der Waals surface area contributed by atoms with Crippen LogP contribution < -0.4 is 0 Å². The monoisotopic (exact) mass is 530 g/mol. The van der Waals surface area contributed by atoms with Crippen LogP contribution in [0.2, 0.25) is 0 Å². The molecule has 7 atom stereocenters. The number of fused-ring (bicyclic) bond motifs is 4. The number of carbonyl (C=O) groups is 6. The normalized spacial score (nSPS) is 39.7. The highest BCUT2D eigenvalue weighted by Crippen LogP contribution is 2.70. The van der Waals surface area contributed by atoms with Crippen molar-refractivity contribution in [1.82, 2.24) is 0 Å². The molecule has 4 rings (SSSR count). The molecule has 0 aromatic carbocycles. The summed E-state index contributed by atoms with van der Waals surface area (Å²) >= 11 is 0. The molecule has 0 aromatic rings. The van der Waals surface area contributed by atoms with E-state index in [1.807, 2.05) is 6.92 Å². The lowest BCUT2D eigenvalue weighted by Gasteiger charge is -2.60. The van der Waals surface area contributed by atoms with E-state index >= 15 is 0 Å². The van der Waals surface area contributed by atoms with Crippen molar-refractivity contribution in [3.05, 3.63) is 11.1 Å². The van der Waals surface area contributed by atoms with Crippen LogP contribution in [0.3, 0.4) is 0 Å². The summed E-state index contributed by atoms with van der Waals surface area (Å²) in [5.41, 5.74) is -6.27. The van der Waals surface area contributed by atoms with Gasteiger partial charge in [-0.1, -0.05) is 27.7 Å². The Morgan fingerprint density at radius 3 is 2.16 bits per heavy atom. The van der Waals surface area contributed by atoms with Crippen LogP contribution in [-0.2, 0) is 33.5 Å². The lowest BCUT2D eigenvalue weighted by atomic mass is 9.42. The summed E-state index contributed by atoms with van der Waals surface area (Å²) in [5.74, 6) is -4.61. The lowest BCUT2D eigenvalue weighted by molar-refractivity contribution is -0.183. The van der Waals surface area contributed by atoms with Crippen molar-refractivity contribution >= 4 is 35.1 Å². The fraction of sp³-hybridized carbons (Fsp3) is 0.724. The number of allylic oxidation sites excluding steroid dienone is 1. The van der Waals surface area contributed by atoms with Crippen LogP contribution in [0.1, 0.15) is 87.0 Å². The maximum absolute atomic E-state index is 14.5. The minimum atomic E-state index is -1.71. The second kappa shape index (κ2) is 8.41. The molecule has 208 valence electrons. The summed E-state index contributed by atoms with van der Waals surface area (Å²) in [6.07, 6.45) is -1.70. The fourth-order valence-corrected chi connectivity index (χ4v) is 8.54. The largest absolute Gasteiger partial charge is 0.481 e. The molecule has 2 fully saturated rings. The van der Waals surface area contributed by atoms with Gasteiger partial charge in [0.25, 0.3) is 0 Å². The Morgan fingerprint density at radius 1 is 1.00 bits per heavy atom. The average Bonchev–Trinajstić information content (AvgIpc) is 3.02. The standard InChI is InChI=1S/C29H38O9/c1-14(30)38-24-23(36)22-21(15(31)12-16-25(2,3)18(32)8-10-26(16,22)4)29(7)19(33)13-17(28(24,29)6)27(5,37)11-9-20(34)35/h16-17,24,37H,8-13H2,1-7H3,(H,34,35)/t16-,17+,24+,26-,27?,28-,29-/m0/s1. The molecule has 0 radical (unpaired) electrons. The van der Waals surface area contributed by atoms with Gasteiger partial charge < -0.3 is 14.9 Å². The summed E-state index contributed by atoms with van der Waals surface area (Å²) in [6.45, 7) is 11.2. The molecular weight excluding hydrogens is 492 g/mol. The Kier molecular flexibility index (Phi) is 6.27. The Morgan fingerprint density at radius 2 is 1.61 bits per heavy atom. The summed E-state index contributed by atoms with van der Waals surface area (Å²) in [5, 5.41) is 20.8. The van der Waals surface area contributed by atoms with E-state index in [-0.39, 0.29) is 60.6 Å². The highest BCUT2D eigenvalue weighted by atomic mass is 16.5. The number of rotatable bonds is 5. The number of aliphatic hydroxyl groups is 1. The first-order valence-electron chi connectivity index (χ1n) is 13.3. The maximum atomic E-state index is 14.5. The number of esters is 1. The van der Waals surface area contributed by atoms with Gasteiger partial charge in [0.05, 0.1) is 11.0 Å². The fourth-order valence-electron chi connectivity index (χ4n) is 8.54. The Labute approximate surface area is 222 Å². The first kappa shape index (κ1) is 28.3. The molecule has 0 saturated heterocycles. The molecule has 2 N–H and O–H groups in total. The van der Waals surface area contributed by atoms with Crippen LogP contribution >= 0.6 is 0 Å². The first-order valence-corrected chi connectivity index (χ1v) is 13.3. The smallest absolute Gasteiger partial charge is 0.303 e. The number of ether oxygens (including phenoxy) is 1. The molecule has 1 unspecified atom stereocenters. The van der Waals surface area contributed by atoms with Crippen LogP contribution in [0.25, 0.3) is 0 Å². The number of carboxylic acid groups (broad SMARTS) is 1. The molecule has 0 aliphatic heterocycles. The van der Waals surface area contributed by atoms with Crippen molar-refractivity contribution in [1.29, 1.82) is 0 Å². The van der Waals surface area contributed by atoms with Gasteiger partial charge in [-0.25, -0.2) is 0 Å². The van der Waals surface area contributed by atoms with Crippen molar-refractivity contribution in [3.63, 3.8) is 0 Å². The molecule has 38 heavy (non-hydrogen) atoms. The van der Waals surface area contributed by atoms with E-state index in [9.17, 15) is 39.0 Å². The second-order valence-corrected chi connectivity index (χ2v) is 13.2. The zero-order valence-corrected chi connectivity index (χ0v) is 23.2. The zero-order valence-electron chi connectivity index (χ0n) is 23.2. The SMILES string of the molecule is CC(=O)O[C@@H]1C(=O)C2=C(C(=O)C[C@H]3C(C)(C)C(=O)CC[C@]23C)[C@]2(C)C(=O)C[C@H](C(C)(O)CCC(=O)O)[C@@]12C. The minimum Gasteiger partial charge on any atom is -0.481 e. The molecule has 0 heterocycles. The topological polar surface area (TPSA) is 152 Å². The summed E-state index contributed by atoms with van der Waals surface area (Å²) < 4.78 is 5.69. The van der Waals surface area contributed by atoms with Gasteiger partial charge in [0.1, 0.15) is 11.6 Å². The van der Waals surface area contributed by atoms with Crippen LogP contribution in [-0.4, -0.2) is 57.0 Å². The van der Waals surface area contributed by atoms with Crippen molar-refractivity contribution < 1.29 is 43.7 Å². The van der Waals surface area contributed by atoms with Crippen LogP contribution in [0.15, 0.2) is 11.1 Å². The quantitative estimate of drug-likeness (QED) is 0.511. The predicted molar refractivity (Wildman–Crippen MR) is 134 cm³/mol. The molecule has 2 saturated carbocycles. The zero-order chi connectivity index (χ0) is 28.8.